The molecule has 1 aliphatic carbocycles. The fourth-order valence-electron chi connectivity index (χ4n) is 3.74. The number of carbonyl (C=O) groups excluding carboxylic acids is 1. The molecule has 2 aromatic heterocycles. The van der Waals surface area contributed by atoms with Gasteiger partial charge in [0.05, 0.1) is 11.4 Å². The Labute approximate surface area is 188 Å². The molecule has 0 atom stereocenters. The summed E-state index contributed by atoms with van der Waals surface area (Å²) in [5.41, 5.74) is 4.62. The van der Waals surface area contributed by atoms with Crippen LogP contribution in [-0.2, 0) is 26.0 Å². The maximum absolute atomic E-state index is 13.0. The molecule has 5 rings (SSSR count). The monoisotopic (exact) mass is 448 g/mol. The lowest BCUT2D eigenvalue weighted by Gasteiger charge is -2.07. The van der Waals surface area contributed by atoms with Crippen LogP contribution in [0, 0.1) is 5.82 Å². The molecule has 1 N–H and O–H groups in total. The number of nitrogens with one attached hydrogen (secondary N) is 1. The molecular weight excluding hydrogens is 427 g/mol. The number of anilines is 1. The molecule has 1 aliphatic rings. The van der Waals surface area contributed by atoms with Crippen LogP contribution in [0.4, 0.5) is 10.3 Å². The number of ether oxygens (including phenoxy) is 1. The Morgan fingerprint density at radius 2 is 1.94 bits per heavy atom. The Morgan fingerprint density at radius 3 is 2.81 bits per heavy atom. The molecule has 0 saturated carbocycles. The number of amides is 1. The number of hydrogen-bond acceptors (Lipinski definition) is 5. The van der Waals surface area contributed by atoms with E-state index >= 15 is 0 Å². The second kappa shape index (κ2) is 8.92. The quantitative estimate of drug-likeness (QED) is 0.439. The molecule has 2 heterocycles. The van der Waals surface area contributed by atoms with Gasteiger partial charge in [0.2, 0.25) is 5.95 Å². The summed E-state index contributed by atoms with van der Waals surface area (Å²) < 4.78 is 20.5. The van der Waals surface area contributed by atoms with E-state index in [9.17, 15) is 9.18 Å². The van der Waals surface area contributed by atoms with E-state index in [-0.39, 0.29) is 17.7 Å². The minimum atomic E-state index is -0.284. The molecular formula is C24H21FN4O2S. The Bertz CT molecular complexity index is 1250. The van der Waals surface area contributed by atoms with E-state index in [0.717, 1.165) is 29.7 Å². The molecule has 4 aromatic rings. The van der Waals surface area contributed by atoms with Crippen molar-refractivity contribution in [1.82, 2.24) is 14.8 Å². The Hall–Kier alpha value is -3.52. The van der Waals surface area contributed by atoms with E-state index in [1.165, 1.54) is 47.3 Å². The van der Waals surface area contributed by atoms with Gasteiger partial charge < -0.3 is 4.74 Å². The summed E-state index contributed by atoms with van der Waals surface area (Å²) in [5, 5.41) is 8.90. The van der Waals surface area contributed by atoms with Crippen molar-refractivity contribution in [2.45, 2.75) is 32.4 Å². The third kappa shape index (κ3) is 4.70. The first-order valence-corrected chi connectivity index (χ1v) is 11.3. The summed E-state index contributed by atoms with van der Waals surface area (Å²) in [6.07, 6.45) is 5.01. The summed E-state index contributed by atoms with van der Waals surface area (Å²) >= 11 is 1.35. The van der Waals surface area contributed by atoms with Gasteiger partial charge in [0.25, 0.3) is 5.91 Å². The Morgan fingerprint density at radius 1 is 1.09 bits per heavy atom. The van der Waals surface area contributed by atoms with E-state index in [4.69, 9.17) is 4.74 Å². The number of aromatic nitrogens is 3. The maximum Gasteiger partial charge on any atom is 0.268 e. The molecule has 0 spiro atoms. The number of rotatable bonds is 7. The van der Waals surface area contributed by atoms with Gasteiger partial charge in [0.1, 0.15) is 24.5 Å². The maximum atomic E-state index is 13.0. The summed E-state index contributed by atoms with van der Waals surface area (Å²) in [6.45, 7) is 0.847. The molecule has 162 valence electrons. The van der Waals surface area contributed by atoms with Crippen molar-refractivity contribution >= 4 is 23.2 Å². The minimum Gasteiger partial charge on any atom is -0.489 e. The third-order valence-corrected chi connectivity index (χ3v) is 6.35. The van der Waals surface area contributed by atoms with Gasteiger partial charge in [-0.3, -0.25) is 10.1 Å². The summed E-state index contributed by atoms with van der Waals surface area (Å²) in [5.74, 6) is 0.534. The van der Waals surface area contributed by atoms with Crippen LogP contribution in [0.3, 0.4) is 0 Å². The lowest BCUT2D eigenvalue weighted by atomic mass is 10.1. The Balaban J connectivity index is 1.16. The number of nitrogens with zero attached hydrogens (tertiary/aromatic N) is 3. The number of fused-ring (bicyclic) bond motifs is 1. The summed E-state index contributed by atoms with van der Waals surface area (Å²) in [7, 11) is 0. The highest BCUT2D eigenvalue weighted by atomic mass is 32.1. The van der Waals surface area contributed by atoms with E-state index in [0.29, 0.717) is 18.0 Å². The molecule has 0 aliphatic heterocycles. The second-order valence-electron chi connectivity index (χ2n) is 7.74. The zero-order chi connectivity index (χ0) is 21.9. The Kier molecular flexibility index (Phi) is 5.68. The molecule has 0 bridgehead atoms. The first-order valence-electron chi connectivity index (χ1n) is 10.4. The standard InChI is InChI=1S/C24H21FN4O2S/c25-20-7-4-16(5-8-20)12-29-15-26-24(28-29)27-23(30)22-10-17(14-32-22)13-31-21-9-6-18-2-1-3-19(18)11-21/h4-11,14-15H,1-3,12-13H2,(H,27,28,30). The summed E-state index contributed by atoms with van der Waals surface area (Å²) in [4.78, 5) is 17.3. The average Bonchev–Trinajstić information content (AvgIpc) is 3.54. The molecule has 0 unspecified atom stereocenters. The highest BCUT2D eigenvalue weighted by molar-refractivity contribution is 7.12. The van der Waals surface area contributed by atoms with Crippen LogP contribution in [-0.4, -0.2) is 20.7 Å². The lowest BCUT2D eigenvalue weighted by molar-refractivity contribution is 0.102. The zero-order valence-electron chi connectivity index (χ0n) is 17.3. The van der Waals surface area contributed by atoms with Gasteiger partial charge in [-0.15, -0.1) is 16.4 Å². The minimum absolute atomic E-state index is 0.224. The van der Waals surface area contributed by atoms with Crippen molar-refractivity contribution < 1.29 is 13.9 Å². The third-order valence-electron chi connectivity index (χ3n) is 5.37. The highest BCUT2D eigenvalue weighted by Crippen LogP contribution is 2.27. The van der Waals surface area contributed by atoms with Crippen LogP contribution in [0.15, 0.2) is 60.2 Å². The van der Waals surface area contributed by atoms with Gasteiger partial charge in [0.15, 0.2) is 0 Å². The number of benzene rings is 2. The molecule has 0 fully saturated rings. The zero-order valence-corrected chi connectivity index (χ0v) is 18.1. The molecule has 6 nitrogen and oxygen atoms in total. The van der Waals surface area contributed by atoms with Gasteiger partial charge in [-0.25, -0.2) is 14.1 Å². The van der Waals surface area contributed by atoms with E-state index in [2.05, 4.69) is 27.5 Å². The molecule has 32 heavy (non-hydrogen) atoms. The predicted octanol–water partition coefficient (Wildman–Crippen LogP) is 4.85. The van der Waals surface area contributed by atoms with Crippen LogP contribution in [0.2, 0.25) is 0 Å². The van der Waals surface area contributed by atoms with Gasteiger partial charge in [0, 0.05) is 5.56 Å². The smallest absolute Gasteiger partial charge is 0.268 e. The fourth-order valence-corrected chi connectivity index (χ4v) is 4.54. The second-order valence-corrected chi connectivity index (χ2v) is 8.65. The van der Waals surface area contributed by atoms with Crippen LogP contribution >= 0.6 is 11.3 Å². The van der Waals surface area contributed by atoms with Crippen molar-refractivity contribution in [2.24, 2.45) is 0 Å². The first kappa shape index (κ1) is 20.4. The molecule has 1 amide bonds. The number of aryl methyl sites for hydroxylation is 2. The predicted molar refractivity (Wildman–Crippen MR) is 121 cm³/mol. The number of carbonyl (C=O) groups is 1. The van der Waals surface area contributed by atoms with Crippen LogP contribution in [0.5, 0.6) is 5.75 Å². The SMILES string of the molecule is O=C(Nc1ncn(Cc2ccc(F)cc2)n1)c1cc(COc2ccc3c(c2)CCC3)cs1. The number of thiophene rings is 1. The molecule has 0 saturated heterocycles. The first-order chi connectivity index (χ1) is 15.6. The van der Waals surface area contributed by atoms with Crippen molar-refractivity contribution in [1.29, 1.82) is 0 Å². The van der Waals surface area contributed by atoms with Crippen molar-refractivity contribution in [2.75, 3.05) is 5.32 Å². The topological polar surface area (TPSA) is 69.0 Å². The van der Waals surface area contributed by atoms with Gasteiger partial charge in [-0.05, 0) is 71.7 Å². The van der Waals surface area contributed by atoms with Crippen molar-refractivity contribution in [3.63, 3.8) is 0 Å². The molecule has 0 radical (unpaired) electrons. The van der Waals surface area contributed by atoms with Crippen LogP contribution < -0.4 is 10.1 Å². The van der Waals surface area contributed by atoms with E-state index in [1.54, 1.807) is 16.8 Å². The van der Waals surface area contributed by atoms with Crippen molar-refractivity contribution in [3.8, 4) is 5.75 Å². The molecule has 2 aromatic carbocycles. The summed E-state index contributed by atoms with van der Waals surface area (Å²) in [6, 6.07) is 14.3. The van der Waals surface area contributed by atoms with E-state index < -0.39 is 0 Å². The van der Waals surface area contributed by atoms with E-state index in [1.807, 2.05) is 17.5 Å². The molecule has 8 heteroatoms. The van der Waals surface area contributed by atoms with Crippen LogP contribution in [0.1, 0.15) is 38.3 Å². The van der Waals surface area contributed by atoms with Crippen molar-refractivity contribution in [3.05, 3.63) is 93.2 Å². The van der Waals surface area contributed by atoms with Gasteiger partial charge in [-0.1, -0.05) is 18.2 Å². The average molecular weight is 449 g/mol. The van der Waals surface area contributed by atoms with Gasteiger partial charge in [-0.2, -0.15) is 0 Å². The lowest BCUT2D eigenvalue weighted by Crippen LogP contribution is -2.12. The fraction of sp³-hybridized carbons (Fsp3) is 0.208. The number of halogens is 1. The largest absolute Gasteiger partial charge is 0.489 e. The highest BCUT2D eigenvalue weighted by Gasteiger charge is 2.14. The normalized spacial score (nSPS) is 12.5. The van der Waals surface area contributed by atoms with Gasteiger partial charge >= 0.3 is 0 Å². The number of hydrogen-bond donors (Lipinski definition) is 1. The van der Waals surface area contributed by atoms with Crippen LogP contribution in [0.25, 0.3) is 0 Å².